The van der Waals surface area contributed by atoms with Gasteiger partial charge in [0.1, 0.15) is 0 Å². The van der Waals surface area contributed by atoms with E-state index in [1.165, 1.54) is 4.90 Å². The minimum absolute atomic E-state index is 0.692. The van der Waals surface area contributed by atoms with Crippen LogP contribution in [0.4, 0.5) is 5.69 Å². The summed E-state index contributed by atoms with van der Waals surface area (Å²) >= 11 is 1.75. The summed E-state index contributed by atoms with van der Waals surface area (Å²) in [5.41, 5.74) is 8.84. The lowest BCUT2D eigenvalue weighted by molar-refractivity contribution is 0.394. The van der Waals surface area contributed by atoms with Crippen LogP contribution in [0.1, 0.15) is 11.1 Å². The minimum atomic E-state index is 0.692. The molecule has 0 aliphatic rings. The van der Waals surface area contributed by atoms with Crippen molar-refractivity contribution in [1.82, 2.24) is 4.98 Å². The highest BCUT2D eigenvalue weighted by molar-refractivity contribution is 7.98. The topological polar surface area (TPSA) is 48.1 Å². The molecule has 4 heteroatoms. The molecule has 2 rings (SSSR count). The van der Waals surface area contributed by atoms with Crippen LogP contribution in [-0.2, 0) is 5.75 Å². The summed E-state index contributed by atoms with van der Waals surface area (Å²) in [7, 11) is 1.64. The number of thioether (sulfide) groups is 1. The average molecular weight is 260 g/mol. The Labute approximate surface area is 111 Å². The minimum Gasteiger partial charge on any atom is -0.481 e. The second-order valence-electron chi connectivity index (χ2n) is 3.98. The van der Waals surface area contributed by atoms with Crippen molar-refractivity contribution >= 4 is 17.4 Å². The molecule has 18 heavy (non-hydrogen) atoms. The van der Waals surface area contributed by atoms with Crippen LogP contribution in [0, 0.1) is 6.92 Å². The van der Waals surface area contributed by atoms with E-state index < -0.39 is 0 Å². The first-order chi connectivity index (χ1) is 8.70. The number of anilines is 1. The smallest absolute Gasteiger partial charge is 0.217 e. The van der Waals surface area contributed by atoms with E-state index in [0.717, 1.165) is 22.6 Å². The summed E-state index contributed by atoms with van der Waals surface area (Å²) in [5.74, 6) is 1.53. The molecule has 94 valence electrons. The maximum atomic E-state index is 5.80. The number of ether oxygens (including phenoxy) is 1. The number of hydrogen-bond acceptors (Lipinski definition) is 4. The lowest BCUT2D eigenvalue weighted by atomic mass is 10.2. The van der Waals surface area contributed by atoms with E-state index in [4.69, 9.17) is 10.5 Å². The fourth-order valence-corrected chi connectivity index (χ4v) is 2.58. The number of nitrogen functional groups attached to an aromatic ring is 1. The van der Waals surface area contributed by atoms with Crippen molar-refractivity contribution in [3.8, 4) is 5.88 Å². The molecule has 0 bridgehead atoms. The van der Waals surface area contributed by atoms with Crippen molar-refractivity contribution in [2.45, 2.75) is 17.6 Å². The normalized spacial score (nSPS) is 10.3. The van der Waals surface area contributed by atoms with Gasteiger partial charge in [0.25, 0.3) is 0 Å². The van der Waals surface area contributed by atoms with Crippen LogP contribution in [0.15, 0.2) is 41.4 Å². The Hall–Kier alpha value is -1.68. The van der Waals surface area contributed by atoms with Crippen molar-refractivity contribution in [3.05, 3.63) is 47.7 Å². The maximum absolute atomic E-state index is 5.80. The van der Waals surface area contributed by atoms with Crippen LogP contribution in [0.3, 0.4) is 0 Å². The van der Waals surface area contributed by atoms with Crippen LogP contribution in [0.25, 0.3) is 0 Å². The van der Waals surface area contributed by atoms with Crippen LogP contribution in [-0.4, -0.2) is 12.1 Å². The Bertz CT molecular complexity index is 543. The molecule has 0 aliphatic carbocycles. The molecule has 0 spiro atoms. The van der Waals surface area contributed by atoms with Gasteiger partial charge in [-0.3, -0.25) is 0 Å². The van der Waals surface area contributed by atoms with Gasteiger partial charge in [-0.1, -0.05) is 6.07 Å². The Morgan fingerprint density at radius 1 is 1.33 bits per heavy atom. The van der Waals surface area contributed by atoms with Gasteiger partial charge < -0.3 is 10.5 Å². The maximum Gasteiger partial charge on any atom is 0.217 e. The SMILES string of the molecule is COc1ncccc1CSc1ccc(N)c(C)c1. The van der Waals surface area contributed by atoms with E-state index in [2.05, 4.69) is 11.1 Å². The number of hydrogen-bond donors (Lipinski definition) is 1. The van der Waals surface area contributed by atoms with Gasteiger partial charge in [-0.2, -0.15) is 0 Å². The molecule has 0 fully saturated rings. The Balaban J connectivity index is 2.09. The highest BCUT2D eigenvalue weighted by Crippen LogP contribution is 2.28. The second-order valence-corrected chi connectivity index (χ2v) is 5.03. The molecule has 2 aromatic rings. The predicted molar refractivity (Wildman–Crippen MR) is 75.9 cm³/mol. The first kappa shape index (κ1) is 12.8. The number of pyridine rings is 1. The fraction of sp³-hybridized carbons (Fsp3) is 0.214. The number of rotatable bonds is 4. The summed E-state index contributed by atoms with van der Waals surface area (Å²) < 4.78 is 5.23. The highest BCUT2D eigenvalue weighted by Gasteiger charge is 2.04. The van der Waals surface area contributed by atoms with Gasteiger partial charge in [-0.05, 0) is 36.8 Å². The molecule has 1 aromatic heterocycles. The first-order valence-corrected chi connectivity index (χ1v) is 6.66. The van der Waals surface area contributed by atoms with E-state index in [0.29, 0.717) is 5.88 Å². The Kier molecular flexibility index (Phi) is 4.10. The number of aromatic nitrogens is 1. The molecule has 0 aliphatic heterocycles. The summed E-state index contributed by atoms with van der Waals surface area (Å²) in [6.45, 7) is 2.02. The largest absolute Gasteiger partial charge is 0.481 e. The van der Waals surface area contributed by atoms with Gasteiger partial charge in [-0.15, -0.1) is 11.8 Å². The molecule has 0 saturated heterocycles. The van der Waals surface area contributed by atoms with E-state index in [1.54, 1.807) is 25.1 Å². The van der Waals surface area contributed by atoms with Gasteiger partial charge >= 0.3 is 0 Å². The third-order valence-electron chi connectivity index (χ3n) is 2.68. The van der Waals surface area contributed by atoms with E-state index >= 15 is 0 Å². The van der Waals surface area contributed by atoms with Gasteiger partial charge in [0.15, 0.2) is 0 Å². The van der Waals surface area contributed by atoms with Crippen LogP contribution in [0.2, 0.25) is 0 Å². The van der Waals surface area contributed by atoms with Gasteiger partial charge in [0.05, 0.1) is 7.11 Å². The molecule has 1 heterocycles. The monoisotopic (exact) mass is 260 g/mol. The molecule has 0 radical (unpaired) electrons. The zero-order chi connectivity index (χ0) is 13.0. The van der Waals surface area contributed by atoms with Crippen molar-refractivity contribution in [1.29, 1.82) is 0 Å². The Morgan fingerprint density at radius 3 is 2.89 bits per heavy atom. The summed E-state index contributed by atoms with van der Waals surface area (Å²) in [6, 6.07) is 10.0. The predicted octanol–water partition coefficient (Wildman–Crippen LogP) is 3.27. The van der Waals surface area contributed by atoms with Crippen molar-refractivity contribution < 1.29 is 4.74 Å². The third kappa shape index (κ3) is 2.96. The number of benzene rings is 1. The number of nitrogens with zero attached hydrogens (tertiary/aromatic N) is 1. The van der Waals surface area contributed by atoms with Crippen molar-refractivity contribution in [2.24, 2.45) is 0 Å². The third-order valence-corrected chi connectivity index (χ3v) is 3.72. The number of aryl methyl sites for hydroxylation is 1. The quantitative estimate of drug-likeness (QED) is 0.677. The molecule has 2 N–H and O–H groups in total. The fourth-order valence-electron chi connectivity index (χ4n) is 1.62. The summed E-state index contributed by atoms with van der Waals surface area (Å²) in [6.07, 6.45) is 1.74. The number of methoxy groups -OCH3 is 1. The van der Waals surface area contributed by atoms with Crippen molar-refractivity contribution in [3.63, 3.8) is 0 Å². The van der Waals surface area contributed by atoms with Crippen LogP contribution in [0.5, 0.6) is 5.88 Å². The molecule has 0 saturated carbocycles. The molecular weight excluding hydrogens is 244 g/mol. The van der Waals surface area contributed by atoms with E-state index in [1.807, 2.05) is 31.2 Å². The highest BCUT2D eigenvalue weighted by atomic mass is 32.2. The van der Waals surface area contributed by atoms with Gasteiger partial charge in [0.2, 0.25) is 5.88 Å². The molecule has 0 atom stereocenters. The van der Waals surface area contributed by atoms with Gasteiger partial charge in [-0.25, -0.2) is 4.98 Å². The molecule has 3 nitrogen and oxygen atoms in total. The molecule has 0 unspecified atom stereocenters. The Morgan fingerprint density at radius 2 is 2.17 bits per heavy atom. The van der Waals surface area contributed by atoms with E-state index in [-0.39, 0.29) is 0 Å². The molecule has 0 amide bonds. The standard InChI is InChI=1S/C14H16N2OS/c1-10-8-12(5-6-13(10)15)18-9-11-4-3-7-16-14(11)17-2/h3-8H,9,15H2,1-2H3. The summed E-state index contributed by atoms with van der Waals surface area (Å²) in [4.78, 5) is 5.39. The van der Waals surface area contributed by atoms with Crippen LogP contribution >= 0.6 is 11.8 Å². The van der Waals surface area contributed by atoms with Crippen LogP contribution < -0.4 is 10.5 Å². The lowest BCUT2D eigenvalue weighted by Gasteiger charge is -2.07. The average Bonchev–Trinajstić information content (AvgIpc) is 2.40. The van der Waals surface area contributed by atoms with E-state index in [9.17, 15) is 0 Å². The van der Waals surface area contributed by atoms with Gasteiger partial charge in [0, 0.05) is 28.1 Å². The molecular formula is C14H16N2OS. The molecule has 1 aromatic carbocycles. The van der Waals surface area contributed by atoms with Crippen molar-refractivity contribution in [2.75, 3.05) is 12.8 Å². The zero-order valence-electron chi connectivity index (χ0n) is 10.5. The first-order valence-electron chi connectivity index (χ1n) is 5.67. The number of nitrogens with two attached hydrogens (primary N) is 1. The second kappa shape index (κ2) is 5.78. The summed E-state index contributed by atoms with van der Waals surface area (Å²) in [5, 5.41) is 0. The zero-order valence-corrected chi connectivity index (χ0v) is 11.3. The lowest BCUT2D eigenvalue weighted by Crippen LogP contribution is -1.93.